The average molecular weight is 296 g/mol. The van der Waals surface area contributed by atoms with Crippen LogP contribution in [0.4, 0.5) is 5.69 Å². The SMILES string of the molecule is NC(=O)C1CCC(NC(=O)c2cc(Cl)ccc2N)CC1. The number of carbonyl (C=O) groups is 2. The summed E-state index contributed by atoms with van der Waals surface area (Å²) in [6.45, 7) is 0. The number of benzene rings is 1. The maximum absolute atomic E-state index is 12.2. The highest BCUT2D eigenvalue weighted by atomic mass is 35.5. The highest BCUT2D eigenvalue weighted by Crippen LogP contribution is 2.25. The number of nitrogen functional groups attached to an aromatic ring is 1. The lowest BCUT2D eigenvalue weighted by Gasteiger charge is -2.27. The van der Waals surface area contributed by atoms with Crippen LogP contribution < -0.4 is 16.8 Å². The van der Waals surface area contributed by atoms with E-state index in [1.54, 1.807) is 18.2 Å². The van der Waals surface area contributed by atoms with Crippen LogP contribution in [0.15, 0.2) is 18.2 Å². The Bertz CT molecular complexity index is 525. The molecule has 0 aromatic heterocycles. The van der Waals surface area contributed by atoms with Gasteiger partial charge in [-0.3, -0.25) is 9.59 Å². The molecule has 5 N–H and O–H groups in total. The van der Waals surface area contributed by atoms with Crippen LogP contribution in [-0.4, -0.2) is 17.9 Å². The third-order valence-electron chi connectivity index (χ3n) is 3.72. The lowest BCUT2D eigenvalue weighted by Crippen LogP contribution is -2.40. The number of halogens is 1. The third kappa shape index (κ3) is 3.42. The normalized spacial score (nSPS) is 22.2. The molecule has 1 fully saturated rings. The summed E-state index contributed by atoms with van der Waals surface area (Å²) < 4.78 is 0. The molecule has 0 atom stereocenters. The van der Waals surface area contributed by atoms with Gasteiger partial charge in [0.15, 0.2) is 0 Å². The van der Waals surface area contributed by atoms with Crippen molar-refractivity contribution < 1.29 is 9.59 Å². The molecule has 2 amide bonds. The van der Waals surface area contributed by atoms with Crippen molar-refractivity contribution in [3.8, 4) is 0 Å². The fourth-order valence-electron chi connectivity index (χ4n) is 2.51. The molecule has 0 saturated heterocycles. The molecule has 6 heteroatoms. The van der Waals surface area contributed by atoms with Gasteiger partial charge in [-0.25, -0.2) is 0 Å². The fourth-order valence-corrected chi connectivity index (χ4v) is 2.68. The van der Waals surface area contributed by atoms with Crippen molar-refractivity contribution in [1.29, 1.82) is 0 Å². The van der Waals surface area contributed by atoms with Crippen molar-refractivity contribution in [3.05, 3.63) is 28.8 Å². The van der Waals surface area contributed by atoms with E-state index in [0.29, 0.717) is 29.1 Å². The van der Waals surface area contributed by atoms with Gasteiger partial charge in [0.05, 0.1) is 5.56 Å². The molecule has 1 saturated carbocycles. The monoisotopic (exact) mass is 295 g/mol. The topological polar surface area (TPSA) is 98.2 Å². The minimum absolute atomic E-state index is 0.0523. The van der Waals surface area contributed by atoms with Gasteiger partial charge in [-0.05, 0) is 43.9 Å². The summed E-state index contributed by atoms with van der Waals surface area (Å²) in [4.78, 5) is 23.3. The van der Waals surface area contributed by atoms with Crippen LogP contribution >= 0.6 is 11.6 Å². The van der Waals surface area contributed by atoms with Crippen molar-refractivity contribution in [2.24, 2.45) is 11.7 Å². The van der Waals surface area contributed by atoms with Crippen LogP contribution in [0.25, 0.3) is 0 Å². The highest BCUT2D eigenvalue weighted by Gasteiger charge is 2.26. The van der Waals surface area contributed by atoms with Gasteiger partial charge in [-0.1, -0.05) is 11.6 Å². The van der Waals surface area contributed by atoms with Crippen molar-refractivity contribution in [2.75, 3.05) is 5.73 Å². The van der Waals surface area contributed by atoms with Crippen LogP contribution in [0.5, 0.6) is 0 Å². The van der Waals surface area contributed by atoms with Crippen LogP contribution in [-0.2, 0) is 4.79 Å². The second-order valence-corrected chi connectivity index (χ2v) is 5.59. The van der Waals surface area contributed by atoms with Crippen molar-refractivity contribution >= 4 is 29.1 Å². The Balaban J connectivity index is 1.96. The summed E-state index contributed by atoms with van der Waals surface area (Å²) in [7, 11) is 0. The summed E-state index contributed by atoms with van der Waals surface area (Å²) in [6.07, 6.45) is 2.93. The molecule has 1 aliphatic carbocycles. The maximum atomic E-state index is 12.2. The van der Waals surface area contributed by atoms with Crippen molar-refractivity contribution in [2.45, 2.75) is 31.7 Å². The van der Waals surface area contributed by atoms with Crippen LogP contribution in [0, 0.1) is 5.92 Å². The van der Waals surface area contributed by atoms with Gasteiger partial charge in [0.2, 0.25) is 5.91 Å². The van der Waals surface area contributed by atoms with Crippen molar-refractivity contribution in [3.63, 3.8) is 0 Å². The molecule has 20 heavy (non-hydrogen) atoms. The summed E-state index contributed by atoms with van der Waals surface area (Å²) in [5.41, 5.74) is 11.8. The number of nitrogens with one attached hydrogen (secondary N) is 1. The first-order valence-corrected chi connectivity index (χ1v) is 7.00. The van der Waals surface area contributed by atoms with E-state index in [2.05, 4.69) is 5.32 Å². The van der Waals surface area contributed by atoms with Crippen LogP contribution in [0.3, 0.4) is 0 Å². The van der Waals surface area contributed by atoms with Gasteiger partial charge in [0.25, 0.3) is 5.91 Å². The fraction of sp³-hybridized carbons (Fsp3) is 0.429. The van der Waals surface area contributed by atoms with Gasteiger partial charge in [-0.15, -0.1) is 0 Å². The van der Waals surface area contributed by atoms with Gasteiger partial charge in [0.1, 0.15) is 0 Å². The molecule has 108 valence electrons. The van der Waals surface area contributed by atoms with E-state index >= 15 is 0 Å². The standard InChI is InChI=1S/C14H18ClN3O2/c15-9-3-6-12(16)11(7-9)14(20)18-10-4-1-8(2-5-10)13(17)19/h3,6-8,10H,1-2,4-5,16H2,(H2,17,19)(H,18,20). The number of anilines is 1. The Morgan fingerprint density at radius 1 is 1.20 bits per heavy atom. The van der Waals surface area contributed by atoms with Gasteiger partial charge < -0.3 is 16.8 Å². The summed E-state index contributed by atoms with van der Waals surface area (Å²) >= 11 is 5.87. The molecule has 1 aromatic carbocycles. The minimum atomic E-state index is -0.256. The molecular formula is C14H18ClN3O2. The minimum Gasteiger partial charge on any atom is -0.398 e. The first-order chi connectivity index (χ1) is 9.47. The molecule has 2 rings (SSSR count). The predicted octanol–water partition coefficient (Wildman–Crippen LogP) is 1.70. The molecule has 0 unspecified atom stereocenters. The van der Waals surface area contributed by atoms with Crippen LogP contribution in [0.2, 0.25) is 5.02 Å². The van der Waals surface area contributed by atoms with E-state index in [9.17, 15) is 9.59 Å². The zero-order valence-electron chi connectivity index (χ0n) is 11.1. The summed E-state index contributed by atoms with van der Waals surface area (Å²) in [5, 5.41) is 3.41. The van der Waals surface area contributed by atoms with Crippen molar-refractivity contribution in [1.82, 2.24) is 5.32 Å². The highest BCUT2D eigenvalue weighted by molar-refractivity contribution is 6.31. The van der Waals surface area contributed by atoms with Gasteiger partial charge in [-0.2, -0.15) is 0 Å². The third-order valence-corrected chi connectivity index (χ3v) is 3.96. The maximum Gasteiger partial charge on any atom is 0.253 e. The first-order valence-electron chi connectivity index (χ1n) is 6.62. The quantitative estimate of drug-likeness (QED) is 0.740. The Morgan fingerprint density at radius 3 is 2.45 bits per heavy atom. The number of amides is 2. The number of hydrogen-bond donors (Lipinski definition) is 3. The van der Waals surface area contributed by atoms with E-state index in [1.165, 1.54) is 0 Å². The number of nitrogens with two attached hydrogens (primary N) is 2. The predicted molar refractivity (Wildman–Crippen MR) is 78.3 cm³/mol. The van der Waals surface area contributed by atoms with Crippen LogP contribution in [0.1, 0.15) is 36.0 Å². The molecule has 1 aliphatic rings. The Morgan fingerprint density at radius 2 is 1.85 bits per heavy atom. The molecule has 0 bridgehead atoms. The summed E-state index contributed by atoms with van der Waals surface area (Å²) in [5.74, 6) is -0.555. The number of carbonyl (C=O) groups excluding carboxylic acids is 2. The largest absolute Gasteiger partial charge is 0.398 e. The smallest absolute Gasteiger partial charge is 0.253 e. The molecular weight excluding hydrogens is 278 g/mol. The molecule has 1 aromatic rings. The van der Waals surface area contributed by atoms with E-state index in [0.717, 1.165) is 12.8 Å². The molecule has 0 aliphatic heterocycles. The van der Waals surface area contributed by atoms with E-state index in [1.807, 2.05) is 0 Å². The number of rotatable bonds is 3. The summed E-state index contributed by atoms with van der Waals surface area (Å²) in [6, 6.07) is 4.87. The Hall–Kier alpha value is -1.75. The second kappa shape index (κ2) is 6.13. The second-order valence-electron chi connectivity index (χ2n) is 5.16. The molecule has 0 spiro atoms. The lowest BCUT2D eigenvalue weighted by atomic mass is 9.85. The van der Waals surface area contributed by atoms with E-state index < -0.39 is 0 Å². The molecule has 5 nitrogen and oxygen atoms in total. The molecule has 0 radical (unpaired) electrons. The average Bonchev–Trinajstić information content (AvgIpc) is 2.42. The Kier molecular flexibility index (Phi) is 4.49. The number of hydrogen-bond acceptors (Lipinski definition) is 3. The van der Waals surface area contributed by atoms with E-state index in [4.69, 9.17) is 23.1 Å². The van der Waals surface area contributed by atoms with Gasteiger partial charge >= 0.3 is 0 Å². The Labute approximate surface area is 122 Å². The zero-order valence-corrected chi connectivity index (χ0v) is 11.8. The molecule has 0 heterocycles. The number of primary amides is 1. The zero-order chi connectivity index (χ0) is 14.7. The van der Waals surface area contributed by atoms with Gasteiger partial charge in [0, 0.05) is 22.7 Å². The first kappa shape index (κ1) is 14.7. The lowest BCUT2D eigenvalue weighted by molar-refractivity contribution is -0.122. The van der Waals surface area contributed by atoms with E-state index in [-0.39, 0.29) is 23.8 Å².